The number of carbonyl (C=O) groups is 2. The SMILES string of the molecule is Cc1cc(NC(=O)CNC(=O)c2ccc(C(C)(C)C)cc2)no1. The molecule has 2 aromatic rings. The highest BCUT2D eigenvalue weighted by atomic mass is 16.5. The monoisotopic (exact) mass is 315 g/mol. The van der Waals surface area contributed by atoms with Crippen molar-refractivity contribution < 1.29 is 14.1 Å². The van der Waals surface area contributed by atoms with E-state index in [-0.39, 0.29) is 23.8 Å². The van der Waals surface area contributed by atoms with Gasteiger partial charge >= 0.3 is 0 Å². The zero-order valence-corrected chi connectivity index (χ0v) is 13.8. The van der Waals surface area contributed by atoms with Crippen LogP contribution in [0.25, 0.3) is 0 Å². The Labute approximate surface area is 135 Å². The highest BCUT2D eigenvalue weighted by molar-refractivity contribution is 5.99. The Hall–Kier alpha value is -2.63. The lowest BCUT2D eigenvalue weighted by atomic mass is 9.87. The van der Waals surface area contributed by atoms with E-state index in [1.807, 2.05) is 12.1 Å². The van der Waals surface area contributed by atoms with Gasteiger partial charge in [0.2, 0.25) is 5.91 Å². The Kier molecular flexibility index (Phi) is 4.83. The van der Waals surface area contributed by atoms with E-state index in [2.05, 4.69) is 36.6 Å². The second kappa shape index (κ2) is 6.64. The number of nitrogens with one attached hydrogen (secondary N) is 2. The summed E-state index contributed by atoms with van der Waals surface area (Å²) >= 11 is 0. The van der Waals surface area contributed by atoms with Crippen LogP contribution in [0.3, 0.4) is 0 Å². The van der Waals surface area contributed by atoms with Crippen LogP contribution in [0.2, 0.25) is 0 Å². The van der Waals surface area contributed by atoms with Crippen LogP contribution in [0.4, 0.5) is 5.82 Å². The van der Waals surface area contributed by atoms with Crippen molar-refractivity contribution in [1.82, 2.24) is 10.5 Å². The number of hydrogen-bond donors (Lipinski definition) is 2. The number of carbonyl (C=O) groups excluding carboxylic acids is 2. The minimum Gasteiger partial charge on any atom is -0.360 e. The Morgan fingerprint density at radius 2 is 1.83 bits per heavy atom. The van der Waals surface area contributed by atoms with Gasteiger partial charge in [-0.05, 0) is 30.0 Å². The first-order valence-electron chi connectivity index (χ1n) is 7.37. The minimum absolute atomic E-state index is 0.0324. The van der Waals surface area contributed by atoms with Crippen molar-refractivity contribution in [2.24, 2.45) is 0 Å². The fraction of sp³-hybridized carbons (Fsp3) is 0.353. The summed E-state index contributed by atoms with van der Waals surface area (Å²) in [5, 5.41) is 8.77. The molecular weight excluding hydrogens is 294 g/mol. The summed E-state index contributed by atoms with van der Waals surface area (Å²) in [5.41, 5.74) is 1.70. The fourth-order valence-electron chi connectivity index (χ4n) is 2.00. The van der Waals surface area contributed by atoms with Gasteiger partial charge in [-0.3, -0.25) is 9.59 Å². The predicted molar refractivity (Wildman–Crippen MR) is 87.3 cm³/mol. The van der Waals surface area contributed by atoms with Crippen molar-refractivity contribution in [2.75, 3.05) is 11.9 Å². The lowest BCUT2D eigenvalue weighted by Crippen LogP contribution is -2.32. The molecular formula is C17H21N3O3. The van der Waals surface area contributed by atoms with E-state index in [1.54, 1.807) is 25.1 Å². The molecule has 1 aromatic heterocycles. The maximum atomic E-state index is 12.0. The van der Waals surface area contributed by atoms with E-state index in [9.17, 15) is 9.59 Å². The number of rotatable bonds is 4. The molecule has 2 amide bonds. The first-order valence-corrected chi connectivity index (χ1v) is 7.37. The van der Waals surface area contributed by atoms with Crippen molar-refractivity contribution in [2.45, 2.75) is 33.1 Å². The Morgan fingerprint density at radius 1 is 1.17 bits per heavy atom. The molecule has 0 aliphatic rings. The van der Waals surface area contributed by atoms with Gasteiger partial charge in [0.05, 0.1) is 6.54 Å². The molecule has 0 unspecified atom stereocenters. The van der Waals surface area contributed by atoms with E-state index in [0.29, 0.717) is 17.1 Å². The van der Waals surface area contributed by atoms with Crippen LogP contribution in [0.15, 0.2) is 34.9 Å². The molecule has 0 spiro atoms. The van der Waals surface area contributed by atoms with E-state index in [0.717, 1.165) is 5.56 Å². The maximum Gasteiger partial charge on any atom is 0.251 e. The smallest absolute Gasteiger partial charge is 0.251 e. The number of benzene rings is 1. The molecule has 6 heteroatoms. The molecule has 1 aromatic carbocycles. The first-order chi connectivity index (χ1) is 10.8. The molecule has 2 N–H and O–H groups in total. The summed E-state index contributed by atoms with van der Waals surface area (Å²) in [7, 11) is 0. The lowest BCUT2D eigenvalue weighted by Gasteiger charge is -2.19. The van der Waals surface area contributed by atoms with Crippen LogP contribution >= 0.6 is 0 Å². The molecule has 2 rings (SSSR count). The summed E-state index contributed by atoms with van der Waals surface area (Å²) in [6, 6.07) is 8.97. The van der Waals surface area contributed by atoms with Gasteiger partial charge in [0.15, 0.2) is 5.82 Å². The van der Waals surface area contributed by atoms with E-state index >= 15 is 0 Å². The first kappa shape index (κ1) is 16.7. The molecule has 0 fully saturated rings. The standard InChI is InChI=1S/C17H21N3O3/c1-11-9-14(20-23-11)19-15(21)10-18-16(22)12-5-7-13(8-6-12)17(2,3)4/h5-9H,10H2,1-4H3,(H,18,22)(H,19,20,21). The summed E-state index contributed by atoms with van der Waals surface area (Å²) < 4.78 is 4.85. The van der Waals surface area contributed by atoms with Gasteiger partial charge in [-0.2, -0.15) is 0 Å². The molecule has 0 radical (unpaired) electrons. The second-order valence-corrected chi connectivity index (χ2v) is 6.38. The van der Waals surface area contributed by atoms with Crippen LogP contribution in [-0.2, 0) is 10.2 Å². The average Bonchev–Trinajstić information content (AvgIpc) is 2.89. The Balaban J connectivity index is 1.88. The van der Waals surface area contributed by atoms with E-state index in [4.69, 9.17) is 4.52 Å². The molecule has 0 aliphatic heterocycles. The van der Waals surface area contributed by atoms with Crippen LogP contribution in [0.5, 0.6) is 0 Å². The minimum atomic E-state index is -0.363. The molecule has 1 heterocycles. The number of hydrogen-bond acceptors (Lipinski definition) is 4. The van der Waals surface area contributed by atoms with E-state index in [1.165, 1.54) is 0 Å². The number of nitrogens with zero attached hydrogens (tertiary/aromatic N) is 1. The summed E-state index contributed by atoms with van der Waals surface area (Å²) in [5.74, 6) is 0.273. The molecule has 0 saturated carbocycles. The Bertz CT molecular complexity index is 697. The predicted octanol–water partition coefficient (Wildman–Crippen LogP) is 2.65. The number of amides is 2. The normalized spacial score (nSPS) is 11.1. The van der Waals surface area contributed by atoms with Crippen LogP contribution < -0.4 is 10.6 Å². The van der Waals surface area contributed by atoms with Gasteiger partial charge in [-0.25, -0.2) is 0 Å². The third kappa shape index (κ3) is 4.67. The molecule has 0 bridgehead atoms. The number of aryl methyl sites for hydroxylation is 1. The summed E-state index contributed by atoms with van der Waals surface area (Å²) in [4.78, 5) is 23.8. The molecule has 23 heavy (non-hydrogen) atoms. The highest BCUT2D eigenvalue weighted by Gasteiger charge is 2.14. The zero-order chi connectivity index (χ0) is 17.0. The zero-order valence-electron chi connectivity index (χ0n) is 13.8. The van der Waals surface area contributed by atoms with Gasteiger partial charge in [0.1, 0.15) is 5.76 Å². The van der Waals surface area contributed by atoms with Gasteiger partial charge in [0.25, 0.3) is 5.91 Å². The summed E-state index contributed by atoms with van der Waals surface area (Å²) in [6.07, 6.45) is 0. The van der Waals surface area contributed by atoms with Gasteiger partial charge < -0.3 is 15.2 Å². The van der Waals surface area contributed by atoms with Gasteiger partial charge in [-0.1, -0.05) is 38.1 Å². The maximum absolute atomic E-state index is 12.0. The van der Waals surface area contributed by atoms with Crippen molar-refractivity contribution in [3.63, 3.8) is 0 Å². The molecule has 122 valence electrons. The van der Waals surface area contributed by atoms with Crippen LogP contribution in [0, 0.1) is 6.92 Å². The van der Waals surface area contributed by atoms with Gasteiger partial charge in [0, 0.05) is 11.6 Å². The van der Waals surface area contributed by atoms with Crippen LogP contribution in [-0.4, -0.2) is 23.5 Å². The molecule has 0 saturated heterocycles. The van der Waals surface area contributed by atoms with Crippen LogP contribution in [0.1, 0.15) is 42.5 Å². The van der Waals surface area contributed by atoms with Crippen molar-refractivity contribution in [3.05, 3.63) is 47.2 Å². The van der Waals surface area contributed by atoms with Crippen molar-refractivity contribution in [1.29, 1.82) is 0 Å². The molecule has 0 atom stereocenters. The number of aromatic nitrogens is 1. The highest BCUT2D eigenvalue weighted by Crippen LogP contribution is 2.22. The fourth-order valence-corrected chi connectivity index (χ4v) is 2.00. The average molecular weight is 315 g/mol. The van der Waals surface area contributed by atoms with Crippen molar-refractivity contribution in [3.8, 4) is 0 Å². The van der Waals surface area contributed by atoms with Crippen molar-refractivity contribution >= 4 is 17.6 Å². The lowest BCUT2D eigenvalue weighted by molar-refractivity contribution is -0.115. The third-order valence-electron chi connectivity index (χ3n) is 3.32. The third-order valence-corrected chi connectivity index (χ3v) is 3.32. The topological polar surface area (TPSA) is 84.2 Å². The molecule has 6 nitrogen and oxygen atoms in total. The second-order valence-electron chi connectivity index (χ2n) is 6.38. The quantitative estimate of drug-likeness (QED) is 0.908. The van der Waals surface area contributed by atoms with E-state index < -0.39 is 0 Å². The largest absolute Gasteiger partial charge is 0.360 e. The Morgan fingerprint density at radius 3 is 2.35 bits per heavy atom. The summed E-state index contributed by atoms with van der Waals surface area (Å²) in [6.45, 7) is 7.92. The number of anilines is 1. The van der Waals surface area contributed by atoms with Gasteiger partial charge in [-0.15, -0.1) is 0 Å². The molecule has 0 aliphatic carbocycles.